The lowest BCUT2D eigenvalue weighted by Crippen LogP contribution is -2.14. The van der Waals surface area contributed by atoms with E-state index in [1.54, 1.807) is 25.6 Å². The molecule has 0 radical (unpaired) electrons. The first-order valence-corrected chi connectivity index (χ1v) is 12.7. The van der Waals surface area contributed by atoms with E-state index in [0.717, 1.165) is 41.3 Å². The smallest absolute Gasteiger partial charge is 0.173 e. The molecule has 1 atom stereocenters. The number of hydrogen-bond donors (Lipinski definition) is 2. The number of halogens is 1. The van der Waals surface area contributed by atoms with Crippen LogP contribution >= 0.6 is 0 Å². The van der Waals surface area contributed by atoms with Crippen molar-refractivity contribution in [1.29, 1.82) is 5.41 Å². The van der Waals surface area contributed by atoms with Crippen LogP contribution in [-0.2, 0) is 24.3 Å². The lowest BCUT2D eigenvalue weighted by atomic mass is 10.2. The third kappa shape index (κ3) is 5.99. The van der Waals surface area contributed by atoms with Gasteiger partial charge in [0, 0.05) is 6.42 Å². The molecule has 2 aromatic heterocycles. The first-order chi connectivity index (χ1) is 18.0. The summed E-state index contributed by atoms with van der Waals surface area (Å²) >= 11 is 0. The fraction of sp³-hybridized carbons (Fsp3) is 0.393. The van der Waals surface area contributed by atoms with E-state index >= 15 is 0 Å². The predicted molar refractivity (Wildman–Crippen MR) is 137 cm³/mol. The number of fused-ring (bicyclic) bond motifs is 1. The predicted octanol–water partition coefficient (Wildman–Crippen LogP) is 4.90. The van der Waals surface area contributed by atoms with Crippen LogP contribution in [0.5, 0.6) is 11.5 Å². The molecule has 2 heterocycles. The summed E-state index contributed by atoms with van der Waals surface area (Å²) in [4.78, 5) is 12.3. The Labute approximate surface area is 215 Å². The maximum absolute atomic E-state index is 13.1. The van der Waals surface area contributed by atoms with Gasteiger partial charge in [0.05, 0.1) is 38.8 Å². The van der Waals surface area contributed by atoms with Crippen molar-refractivity contribution in [3.63, 3.8) is 0 Å². The average molecular weight is 506 g/mol. The maximum Gasteiger partial charge on any atom is 0.173 e. The summed E-state index contributed by atoms with van der Waals surface area (Å²) in [5, 5.41) is 8.27. The van der Waals surface area contributed by atoms with Crippen molar-refractivity contribution in [1.82, 2.24) is 19.5 Å². The number of aromatic amines is 1. The number of nitrogens with one attached hydrogen (secondary N) is 2. The van der Waals surface area contributed by atoms with Crippen molar-refractivity contribution in [2.24, 2.45) is 0 Å². The molecule has 0 amide bonds. The average Bonchev–Trinajstić information content (AvgIpc) is 3.56. The molecule has 0 aliphatic heterocycles. The van der Waals surface area contributed by atoms with E-state index in [9.17, 15) is 4.39 Å². The number of imidazole rings is 1. The largest absolute Gasteiger partial charge is 0.493 e. The van der Waals surface area contributed by atoms with Crippen molar-refractivity contribution in [2.45, 2.75) is 64.4 Å². The van der Waals surface area contributed by atoms with Crippen molar-refractivity contribution in [2.75, 3.05) is 7.11 Å². The number of H-pyrrole nitrogens is 1. The van der Waals surface area contributed by atoms with Gasteiger partial charge < -0.3 is 23.8 Å². The molecule has 5 rings (SSSR count). The third-order valence-electron chi connectivity index (χ3n) is 6.67. The number of ether oxygens (including phenoxy) is 3. The minimum Gasteiger partial charge on any atom is -0.493 e. The topological polar surface area (TPSA) is 98.0 Å². The van der Waals surface area contributed by atoms with E-state index in [2.05, 4.69) is 9.97 Å². The molecule has 2 aromatic carbocycles. The van der Waals surface area contributed by atoms with Gasteiger partial charge in [0.1, 0.15) is 17.2 Å². The molecule has 9 heteroatoms. The Morgan fingerprint density at radius 3 is 2.62 bits per heavy atom. The van der Waals surface area contributed by atoms with Crippen LogP contribution in [0.3, 0.4) is 0 Å². The zero-order valence-corrected chi connectivity index (χ0v) is 21.2. The first-order valence-electron chi connectivity index (χ1n) is 12.7. The molecule has 1 aliphatic rings. The van der Waals surface area contributed by atoms with Gasteiger partial charge in [-0.15, -0.1) is 0 Å². The van der Waals surface area contributed by atoms with E-state index in [4.69, 9.17) is 24.6 Å². The number of aromatic nitrogens is 4. The molecule has 1 aliphatic carbocycles. The lowest BCUT2D eigenvalue weighted by molar-refractivity contribution is 0.0524. The number of methoxy groups -OCH3 is 1. The van der Waals surface area contributed by atoms with Crippen molar-refractivity contribution in [3.8, 4) is 11.5 Å². The van der Waals surface area contributed by atoms with Crippen LogP contribution in [0.2, 0.25) is 0 Å². The molecule has 1 unspecified atom stereocenters. The van der Waals surface area contributed by atoms with Gasteiger partial charge in [0.15, 0.2) is 22.6 Å². The number of hydrogen-bond acceptors (Lipinski definition) is 6. The second-order valence-corrected chi connectivity index (χ2v) is 9.56. The third-order valence-corrected chi connectivity index (χ3v) is 6.67. The van der Waals surface area contributed by atoms with Crippen LogP contribution in [0.1, 0.15) is 49.6 Å². The van der Waals surface area contributed by atoms with E-state index < -0.39 is 0 Å². The van der Waals surface area contributed by atoms with Crippen molar-refractivity contribution < 1.29 is 18.6 Å². The maximum atomic E-state index is 13.1. The molecule has 1 fully saturated rings. The zero-order valence-electron chi connectivity index (χ0n) is 21.2. The molecule has 194 valence electrons. The van der Waals surface area contributed by atoms with Gasteiger partial charge in [0.25, 0.3) is 0 Å². The van der Waals surface area contributed by atoms with Crippen LogP contribution in [0.25, 0.3) is 11.2 Å². The van der Waals surface area contributed by atoms with E-state index in [1.807, 2.05) is 29.7 Å². The quantitative estimate of drug-likeness (QED) is 0.319. The standard InChI is InChI=1S/C28H32FN5O3/c1-18(36-16-19-7-10-21(29)11-8-19)13-25-32-26-27(30)31-17-34(28(26)33-25)15-20-9-12-23(35-2)24(14-20)37-22-5-3-4-6-22/h7-12,14,17-18,22,30H,3-6,13,15-16H2,1-2H3,(H,32,33). The zero-order chi connectivity index (χ0) is 25.8. The minimum atomic E-state index is -0.264. The van der Waals surface area contributed by atoms with E-state index in [-0.39, 0.29) is 23.5 Å². The second kappa shape index (κ2) is 11.1. The van der Waals surface area contributed by atoms with Crippen LogP contribution in [0, 0.1) is 11.2 Å². The fourth-order valence-electron chi connectivity index (χ4n) is 4.69. The molecule has 0 bridgehead atoms. The highest BCUT2D eigenvalue weighted by atomic mass is 19.1. The molecule has 37 heavy (non-hydrogen) atoms. The first kappa shape index (κ1) is 25.0. The fourth-order valence-corrected chi connectivity index (χ4v) is 4.69. The molecule has 1 saturated carbocycles. The normalized spacial score (nSPS) is 14.8. The highest BCUT2D eigenvalue weighted by molar-refractivity contribution is 5.69. The monoisotopic (exact) mass is 505 g/mol. The van der Waals surface area contributed by atoms with Crippen LogP contribution < -0.4 is 15.0 Å². The molecular weight excluding hydrogens is 473 g/mol. The van der Waals surface area contributed by atoms with Crippen molar-refractivity contribution >= 4 is 11.2 Å². The van der Waals surface area contributed by atoms with E-state index in [0.29, 0.717) is 30.7 Å². The SMILES string of the molecule is COc1ccc(Cn2cnc(=N)c3[nH]c(CC(C)OCc4ccc(F)cc4)nc32)cc1OC1CCCC1. The van der Waals surface area contributed by atoms with Gasteiger partial charge in [-0.3, -0.25) is 5.41 Å². The van der Waals surface area contributed by atoms with Crippen LogP contribution in [-0.4, -0.2) is 38.8 Å². The summed E-state index contributed by atoms with van der Waals surface area (Å²) < 4.78 is 32.8. The highest BCUT2D eigenvalue weighted by Crippen LogP contribution is 2.32. The Kier molecular flexibility index (Phi) is 7.50. The summed E-state index contributed by atoms with van der Waals surface area (Å²) in [7, 11) is 1.65. The molecule has 8 nitrogen and oxygen atoms in total. The van der Waals surface area contributed by atoms with Crippen LogP contribution in [0.15, 0.2) is 48.8 Å². The van der Waals surface area contributed by atoms with Crippen LogP contribution in [0.4, 0.5) is 4.39 Å². The highest BCUT2D eigenvalue weighted by Gasteiger charge is 2.19. The molecule has 0 spiro atoms. The summed E-state index contributed by atoms with van der Waals surface area (Å²) in [6.45, 7) is 2.87. The number of benzene rings is 2. The second-order valence-electron chi connectivity index (χ2n) is 9.56. The lowest BCUT2D eigenvalue weighted by Gasteiger charge is -2.17. The molecule has 0 saturated heterocycles. The van der Waals surface area contributed by atoms with Gasteiger partial charge in [0.2, 0.25) is 0 Å². The van der Waals surface area contributed by atoms with Gasteiger partial charge in [-0.05, 0) is 68.0 Å². The Balaban J connectivity index is 1.32. The number of rotatable bonds is 10. The molecule has 4 aromatic rings. The molecule has 2 N–H and O–H groups in total. The Hall–Kier alpha value is -3.72. The summed E-state index contributed by atoms with van der Waals surface area (Å²) in [5.41, 5.74) is 3.32. The number of nitrogens with zero attached hydrogens (tertiary/aromatic N) is 3. The minimum absolute atomic E-state index is 0.127. The Morgan fingerprint density at radius 2 is 1.86 bits per heavy atom. The van der Waals surface area contributed by atoms with Gasteiger partial charge in [-0.2, -0.15) is 0 Å². The Morgan fingerprint density at radius 1 is 1.11 bits per heavy atom. The summed E-state index contributed by atoms with van der Waals surface area (Å²) in [5.74, 6) is 1.93. The molecular formula is C28H32FN5O3. The van der Waals surface area contributed by atoms with Gasteiger partial charge >= 0.3 is 0 Å². The summed E-state index contributed by atoms with van der Waals surface area (Å²) in [6, 6.07) is 12.2. The summed E-state index contributed by atoms with van der Waals surface area (Å²) in [6.07, 6.45) is 6.82. The van der Waals surface area contributed by atoms with Gasteiger partial charge in [-0.25, -0.2) is 14.4 Å². The Bertz CT molecular complexity index is 1410. The van der Waals surface area contributed by atoms with Crippen molar-refractivity contribution in [3.05, 3.63) is 77.0 Å². The van der Waals surface area contributed by atoms with E-state index in [1.165, 1.54) is 25.0 Å². The van der Waals surface area contributed by atoms with Gasteiger partial charge in [-0.1, -0.05) is 18.2 Å².